The van der Waals surface area contributed by atoms with Gasteiger partial charge in [0.25, 0.3) is 0 Å². The highest BCUT2D eigenvalue weighted by Crippen LogP contribution is 2.31. The van der Waals surface area contributed by atoms with Crippen LogP contribution in [0.2, 0.25) is 5.02 Å². The zero-order chi connectivity index (χ0) is 17.6. The molecule has 1 aromatic heterocycles. The minimum absolute atomic E-state index is 0.115. The molecule has 0 saturated heterocycles. The monoisotopic (exact) mass is 358 g/mol. The first-order valence-electron chi connectivity index (χ1n) is 7.06. The number of amides is 1. The molecule has 1 amide bonds. The van der Waals surface area contributed by atoms with E-state index in [0.717, 1.165) is 12.1 Å². The summed E-state index contributed by atoms with van der Waals surface area (Å²) in [4.78, 5) is 15.6. The van der Waals surface area contributed by atoms with E-state index in [-0.39, 0.29) is 24.7 Å². The fourth-order valence-electron chi connectivity index (χ4n) is 1.84. The molecule has 128 valence electrons. The maximum Gasteiger partial charge on any atom is 0.416 e. The molecule has 0 spiro atoms. The Bertz CT molecular complexity index is 690. The Kier molecular flexibility index (Phi) is 6.03. The lowest BCUT2D eigenvalue weighted by Crippen LogP contribution is -2.13. The molecule has 0 aliphatic rings. The quantitative estimate of drug-likeness (QED) is 0.771. The van der Waals surface area contributed by atoms with Crippen molar-refractivity contribution in [2.24, 2.45) is 0 Å². The summed E-state index contributed by atoms with van der Waals surface area (Å²) in [5.41, 5.74) is -0.772. The molecule has 2 rings (SSSR count). The van der Waals surface area contributed by atoms with Crippen LogP contribution >= 0.6 is 11.6 Å². The van der Waals surface area contributed by atoms with E-state index in [2.05, 4.69) is 10.3 Å². The topological polar surface area (TPSA) is 51.2 Å². The van der Waals surface area contributed by atoms with Crippen molar-refractivity contribution in [3.63, 3.8) is 0 Å². The fraction of sp³-hybridized carbons (Fsp3) is 0.250. The van der Waals surface area contributed by atoms with Crippen LogP contribution in [0.5, 0.6) is 5.75 Å². The lowest BCUT2D eigenvalue weighted by atomic mass is 10.2. The predicted octanol–water partition coefficient (Wildman–Crippen LogP) is 4.55. The van der Waals surface area contributed by atoms with Crippen molar-refractivity contribution in [2.45, 2.75) is 19.0 Å². The number of ether oxygens (including phenoxy) is 1. The first-order valence-corrected chi connectivity index (χ1v) is 7.44. The van der Waals surface area contributed by atoms with E-state index >= 15 is 0 Å². The molecule has 0 bridgehead atoms. The summed E-state index contributed by atoms with van der Waals surface area (Å²) in [5.74, 6) is 0.227. The average Bonchev–Trinajstić information content (AvgIpc) is 2.53. The van der Waals surface area contributed by atoms with E-state index in [1.165, 1.54) is 18.3 Å². The van der Waals surface area contributed by atoms with Crippen molar-refractivity contribution >= 4 is 23.3 Å². The third-order valence-electron chi connectivity index (χ3n) is 2.97. The van der Waals surface area contributed by atoms with Crippen molar-refractivity contribution in [3.8, 4) is 5.75 Å². The molecule has 1 heterocycles. The Balaban J connectivity index is 1.74. The van der Waals surface area contributed by atoms with Gasteiger partial charge in [0, 0.05) is 12.6 Å². The summed E-state index contributed by atoms with van der Waals surface area (Å²) >= 11 is 5.69. The Morgan fingerprint density at radius 2 is 2.04 bits per heavy atom. The van der Waals surface area contributed by atoms with Gasteiger partial charge in [-0.2, -0.15) is 13.2 Å². The Labute approximate surface area is 141 Å². The number of rotatable bonds is 6. The zero-order valence-corrected chi connectivity index (χ0v) is 13.2. The van der Waals surface area contributed by atoms with Gasteiger partial charge in [0.05, 0.1) is 17.2 Å². The van der Waals surface area contributed by atoms with Crippen LogP contribution in [-0.4, -0.2) is 17.5 Å². The van der Waals surface area contributed by atoms with Gasteiger partial charge in [-0.3, -0.25) is 4.79 Å². The molecule has 24 heavy (non-hydrogen) atoms. The van der Waals surface area contributed by atoms with Crippen molar-refractivity contribution in [2.75, 3.05) is 11.9 Å². The molecule has 8 heteroatoms. The maximum absolute atomic E-state index is 12.6. The van der Waals surface area contributed by atoms with Crippen LogP contribution in [0.25, 0.3) is 0 Å². The number of carbonyl (C=O) groups is 1. The first-order chi connectivity index (χ1) is 11.3. The number of hydrogen-bond acceptors (Lipinski definition) is 3. The number of carbonyl (C=O) groups excluding carboxylic acids is 1. The largest absolute Gasteiger partial charge is 0.494 e. The minimum Gasteiger partial charge on any atom is -0.494 e. The molecule has 0 radical (unpaired) electrons. The van der Waals surface area contributed by atoms with Gasteiger partial charge in [0.1, 0.15) is 11.6 Å². The second kappa shape index (κ2) is 8.01. The molecule has 0 aliphatic carbocycles. The molecule has 0 aliphatic heterocycles. The highest BCUT2D eigenvalue weighted by Gasteiger charge is 2.30. The van der Waals surface area contributed by atoms with E-state index in [4.69, 9.17) is 16.3 Å². The number of nitrogens with zero attached hydrogens (tertiary/aromatic N) is 1. The number of aromatic nitrogens is 1. The fourth-order valence-corrected chi connectivity index (χ4v) is 1.95. The summed E-state index contributed by atoms with van der Waals surface area (Å²) in [5, 5.41) is 3.04. The highest BCUT2D eigenvalue weighted by molar-refractivity contribution is 6.30. The van der Waals surface area contributed by atoms with E-state index in [9.17, 15) is 18.0 Å². The summed E-state index contributed by atoms with van der Waals surface area (Å²) in [6.45, 7) is 0.128. The molecule has 1 aromatic carbocycles. The van der Waals surface area contributed by atoms with Gasteiger partial charge in [0.15, 0.2) is 0 Å². The van der Waals surface area contributed by atoms with Crippen LogP contribution in [0, 0.1) is 0 Å². The van der Waals surface area contributed by atoms with Crippen molar-refractivity contribution in [1.82, 2.24) is 4.98 Å². The number of alkyl halides is 3. The van der Waals surface area contributed by atoms with Gasteiger partial charge >= 0.3 is 6.18 Å². The third-order valence-corrected chi connectivity index (χ3v) is 3.20. The van der Waals surface area contributed by atoms with Gasteiger partial charge in [-0.1, -0.05) is 17.7 Å². The van der Waals surface area contributed by atoms with Crippen LogP contribution < -0.4 is 10.1 Å². The van der Waals surface area contributed by atoms with Gasteiger partial charge in [-0.05, 0) is 36.8 Å². The summed E-state index contributed by atoms with van der Waals surface area (Å²) < 4.78 is 43.0. The van der Waals surface area contributed by atoms with Crippen molar-refractivity contribution in [3.05, 3.63) is 53.2 Å². The van der Waals surface area contributed by atoms with E-state index in [0.29, 0.717) is 17.3 Å². The molecule has 0 saturated carbocycles. The van der Waals surface area contributed by atoms with Crippen LogP contribution in [0.15, 0.2) is 42.6 Å². The molecular weight excluding hydrogens is 345 g/mol. The molecule has 0 atom stereocenters. The van der Waals surface area contributed by atoms with E-state index < -0.39 is 11.7 Å². The predicted molar refractivity (Wildman–Crippen MR) is 84.0 cm³/mol. The average molecular weight is 359 g/mol. The Hall–Kier alpha value is -2.28. The standard InChI is InChI=1S/C16H14ClF3N2O2/c17-12-6-7-14(21-10-12)22-15(23)5-2-8-24-13-4-1-3-11(9-13)16(18,19)20/h1,3-4,6-7,9-10H,2,5,8H2,(H,21,22,23). The second-order valence-corrected chi connectivity index (χ2v) is 5.32. The number of nitrogens with one attached hydrogen (secondary N) is 1. The molecular formula is C16H14ClF3N2O2. The van der Waals surface area contributed by atoms with Crippen LogP contribution in [-0.2, 0) is 11.0 Å². The van der Waals surface area contributed by atoms with Crippen molar-refractivity contribution < 1.29 is 22.7 Å². The van der Waals surface area contributed by atoms with Crippen LogP contribution in [0.1, 0.15) is 18.4 Å². The van der Waals surface area contributed by atoms with Gasteiger partial charge in [-0.25, -0.2) is 4.98 Å². The number of anilines is 1. The summed E-state index contributed by atoms with van der Waals surface area (Å²) in [7, 11) is 0. The highest BCUT2D eigenvalue weighted by atomic mass is 35.5. The lowest BCUT2D eigenvalue weighted by Gasteiger charge is -2.10. The van der Waals surface area contributed by atoms with E-state index in [1.807, 2.05) is 0 Å². The summed E-state index contributed by atoms with van der Waals surface area (Å²) in [6.07, 6.45) is -2.49. The SMILES string of the molecule is O=C(CCCOc1cccc(C(F)(F)F)c1)Nc1ccc(Cl)cn1. The second-order valence-electron chi connectivity index (χ2n) is 4.89. The minimum atomic E-state index is -4.41. The normalized spacial score (nSPS) is 11.2. The Morgan fingerprint density at radius 1 is 1.25 bits per heavy atom. The molecule has 0 fully saturated rings. The van der Waals surface area contributed by atoms with Gasteiger partial charge in [0.2, 0.25) is 5.91 Å². The van der Waals surface area contributed by atoms with Gasteiger partial charge in [-0.15, -0.1) is 0 Å². The molecule has 0 unspecified atom stereocenters. The Morgan fingerprint density at radius 3 is 2.71 bits per heavy atom. The van der Waals surface area contributed by atoms with E-state index in [1.54, 1.807) is 12.1 Å². The number of benzene rings is 1. The van der Waals surface area contributed by atoms with Crippen LogP contribution in [0.3, 0.4) is 0 Å². The molecule has 4 nitrogen and oxygen atoms in total. The first kappa shape index (κ1) is 18.1. The third kappa shape index (κ3) is 5.73. The summed E-state index contributed by atoms with van der Waals surface area (Å²) in [6, 6.07) is 7.78. The molecule has 2 aromatic rings. The molecule has 1 N–H and O–H groups in total. The maximum atomic E-state index is 12.6. The lowest BCUT2D eigenvalue weighted by molar-refractivity contribution is -0.137. The van der Waals surface area contributed by atoms with Crippen molar-refractivity contribution in [1.29, 1.82) is 0 Å². The van der Waals surface area contributed by atoms with Gasteiger partial charge < -0.3 is 10.1 Å². The number of halogens is 4. The number of hydrogen-bond donors (Lipinski definition) is 1. The smallest absolute Gasteiger partial charge is 0.416 e. The zero-order valence-electron chi connectivity index (χ0n) is 12.4. The number of pyridine rings is 1. The van der Waals surface area contributed by atoms with Crippen LogP contribution in [0.4, 0.5) is 19.0 Å².